The van der Waals surface area contributed by atoms with Crippen molar-refractivity contribution in [1.29, 1.82) is 0 Å². The largest absolute Gasteiger partial charge is 0.324 e. The van der Waals surface area contributed by atoms with Crippen molar-refractivity contribution in [1.82, 2.24) is 15.0 Å². The molecule has 1 aromatic carbocycles. The maximum absolute atomic E-state index is 13.1. The number of rotatable bonds is 3. The summed E-state index contributed by atoms with van der Waals surface area (Å²) in [6.45, 7) is 5.84. The first-order valence-electron chi connectivity index (χ1n) is 9.22. The van der Waals surface area contributed by atoms with E-state index in [1.54, 1.807) is 18.3 Å². The molecule has 6 nitrogen and oxygen atoms in total. The predicted octanol–water partition coefficient (Wildman–Crippen LogP) is 3.49. The molecule has 0 aliphatic heterocycles. The summed E-state index contributed by atoms with van der Waals surface area (Å²) in [7, 11) is 0. The number of carbonyl (C=O) groups excluding carboxylic acids is 1. The standard InChI is InChI=1S/C20H22N4O2S/c1-11-8-9-14-16(10-11)27-19-17(14)20(26)24(23-22-19)13(3)18(25)21-15-7-5-4-6-12(15)2/h4-7,11,13H,8-10H2,1-3H3,(H,21,25)/t11-,13-/m1/s1. The number of carbonyl (C=O) groups is 1. The number of amides is 1. The second-order valence-electron chi connectivity index (χ2n) is 7.35. The van der Waals surface area contributed by atoms with E-state index in [0.717, 1.165) is 36.1 Å². The van der Waals surface area contributed by atoms with E-state index >= 15 is 0 Å². The fourth-order valence-corrected chi connectivity index (χ4v) is 4.90. The van der Waals surface area contributed by atoms with Crippen LogP contribution in [0.4, 0.5) is 5.69 Å². The Morgan fingerprint density at radius 3 is 2.93 bits per heavy atom. The van der Waals surface area contributed by atoms with Crippen LogP contribution in [0, 0.1) is 12.8 Å². The normalized spacial score (nSPS) is 17.5. The molecule has 0 fully saturated rings. The Labute approximate surface area is 161 Å². The lowest BCUT2D eigenvalue weighted by atomic mass is 9.89. The Hall–Kier alpha value is -2.54. The maximum Gasteiger partial charge on any atom is 0.279 e. The van der Waals surface area contributed by atoms with E-state index in [1.807, 2.05) is 31.2 Å². The molecular weight excluding hydrogens is 360 g/mol. The molecule has 1 amide bonds. The number of para-hydroxylation sites is 1. The number of hydrogen-bond donors (Lipinski definition) is 1. The number of hydrogen-bond acceptors (Lipinski definition) is 5. The number of aromatic nitrogens is 3. The van der Waals surface area contributed by atoms with Gasteiger partial charge in [0.1, 0.15) is 6.04 Å². The number of anilines is 1. The van der Waals surface area contributed by atoms with Gasteiger partial charge in [-0.2, -0.15) is 4.68 Å². The molecule has 0 unspecified atom stereocenters. The Morgan fingerprint density at radius 2 is 2.15 bits per heavy atom. The molecule has 4 rings (SSSR count). The molecule has 7 heteroatoms. The first kappa shape index (κ1) is 17.9. The third-order valence-electron chi connectivity index (χ3n) is 5.30. The lowest BCUT2D eigenvalue weighted by Gasteiger charge is -2.18. The van der Waals surface area contributed by atoms with E-state index in [4.69, 9.17) is 0 Å². The molecule has 1 aliphatic rings. The van der Waals surface area contributed by atoms with Gasteiger partial charge in [0.15, 0.2) is 4.83 Å². The number of nitrogens with one attached hydrogen (secondary N) is 1. The van der Waals surface area contributed by atoms with E-state index in [-0.39, 0.29) is 11.5 Å². The van der Waals surface area contributed by atoms with Gasteiger partial charge < -0.3 is 5.32 Å². The number of fused-ring (bicyclic) bond motifs is 3. The average Bonchev–Trinajstić information content (AvgIpc) is 3.01. The minimum absolute atomic E-state index is 0.223. The van der Waals surface area contributed by atoms with E-state index in [9.17, 15) is 9.59 Å². The van der Waals surface area contributed by atoms with Crippen LogP contribution in [-0.4, -0.2) is 20.9 Å². The lowest BCUT2D eigenvalue weighted by Crippen LogP contribution is -2.34. The summed E-state index contributed by atoms with van der Waals surface area (Å²) in [4.78, 5) is 27.7. The van der Waals surface area contributed by atoms with Gasteiger partial charge in [-0.05, 0) is 56.2 Å². The van der Waals surface area contributed by atoms with Crippen molar-refractivity contribution in [2.45, 2.75) is 46.1 Å². The zero-order chi connectivity index (χ0) is 19.1. The SMILES string of the molecule is Cc1ccccc1NC(=O)[C@@H](C)n1nnc2sc3c(c2c1=O)CC[C@@H](C)C3. The topological polar surface area (TPSA) is 76.9 Å². The van der Waals surface area contributed by atoms with Gasteiger partial charge in [-0.3, -0.25) is 9.59 Å². The fraction of sp³-hybridized carbons (Fsp3) is 0.400. The smallest absolute Gasteiger partial charge is 0.279 e. The number of nitrogens with zero attached hydrogens (tertiary/aromatic N) is 3. The molecular formula is C20H22N4O2S. The van der Waals surface area contributed by atoms with Gasteiger partial charge in [0.2, 0.25) is 5.91 Å². The molecule has 0 bridgehead atoms. The summed E-state index contributed by atoms with van der Waals surface area (Å²) in [5.41, 5.74) is 2.58. The highest BCUT2D eigenvalue weighted by molar-refractivity contribution is 7.18. The summed E-state index contributed by atoms with van der Waals surface area (Å²) in [5.74, 6) is 0.345. The van der Waals surface area contributed by atoms with Crippen LogP contribution in [0.2, 0.25) is 0 Å². The second kappa shape index (κ2) is 6.88. The van der Waals surface area contributed by atoms with Crippen molar-refractivity contribution in [3.8, 4) is 0 Å². The highest BCUT2D eigenvalue weighted by Gasteiger charge is 2.26. The van der Waals surface area contributed by atoms with Crippen LogP contribution >= 0.6 is 11.3 Å². The lowest BCUT2D eigenvalue weighted by molar-refractivity contribution is -0.119. The average molecular weight is 382 g/mol. The van der Waals surface area contributed by atoms with Crippen molar-refractivity contribution in [3.05, 3.63) is 50.6 Å². The Balaban J connectivity index is 1.69. The Morgan fingerprint density at radius 1 is 1.37 bits per heavy atom. The van der Waals surface area contributed by atoms with Crippen LogP contribution in [0.1, 0.15) is 42.3 Å². The van der Waals surface area contributed by atoms with Gasteiger partial charge in [0, 0.05) is 10.6 Å². The van der Waals surface area contributed by atoms with Gasteiger partial charge in [-0.1, -0.05) is 30.3 Å². The van der Waals surface area contributed by atoms with Crippen LogP contribution in [-0.2, 0) is 17.6 Å². The molecule has 3 aromatic rings. The highest BCUT2D eigenvalue weighted by atomic mass is 32.1. The van der Waals surface area contributed by atoms with Gasteiger partial charge >= 0.3 is 0 Å². The van der Waals surface area contributed by atoms with Crippen molar-refractivity contribution in [2.75, 3.05) is 5.32 Å². The highest BCUT2D eigenvalue weighted by Crippen LogP contribution is 2.35. The second-order valence-corrected chi connectivity index (χ2v) is 8.43. The zero-order valence-corrected chi connectivity index (χ0v) is 16.5. The molecule has 27 heavy (non-hydrogen) atoms. The Kier molecular flexibility index (Phi) is 4.55. The number of thiophene rings is 1. The van der Waals surface area contributed by atoms with E-state index in [0.29, 0.717) is 16.1 Å². The Bertz CT molecular complexity index is 1090. The van der Waals surface area contributed by atoms with Gasteiger partial charge in [0.05, 0.1) is 5.39 Å². The predicted molar refractivity (Wildman–Crippen MR) is 107 cm³/mol. The minimum atomic E-state index is -0.743. The summed E-state index contributed by atoms with van der Waals surface area (Å²) in [6.07, 6.45) is 2.95. The van der Waals surface area contributed by atoms with E-state index < -0.39 is 6.04 Å². The first-order chi connectivity index (χ1) is 13.0. The molecule has 0 saturated carbocycles. The monoisotopic (exact) mass is 382 g/mol. The quantitative estimate of drug-likeness (QED) is 0.752. The molecule has 140 valence electrons. The van der Waals surface area contributed by atoms with Crippen LogP contribution in [0.5, 0.6) is 0 Å². The third-order valence-corrected chi connectivity index (χ3v) is 6.43. The molecule has 1 N–H and O–H groups in total. The summed E-state index contributed by atoms with van der Waals surface area (Å²) >= 11 is 1.56. The molecule has 0 radical (unpaired) electrons. The van der Waals surface area contributed by atoms with Gasteiger partial charge in [-0.25, -0.2) is 0 Å². The molecule has 2 atom stereocenters. The first-order valence-corrected chi connectivity index (χ1v) is 10.0. The summed E-state index contributed by atoms with van der Waals surface area (Å²) in [6, 6.07) is 6.81. The fourth-order valence-electron chi connectivity index (χ4n) is 3.59. The van der Waals surface area contributed by atoms with E-state index in [1.165, 1.54) is 9.56 Å². The summed E-state index contributed by atoms with van der Waals surface area (Å²) in [5, 5.41) is 11.8. The number of aryl methyl sites for hydroxylation is 2. The van der Waals surface area contributed by atoms with Crippen molar-refractivity contribution >= 4 is 33.1 Å². The molecule has 0 saturated heterocycles. The molecule has 2 aromatic heterocycles. The number of benzene rings is 1. The molecule has 0 spiro atoms. The molecule has 2 heterocycles. The van der Waals surface area contributed by atoms with Crippen molar-refractivity contribution in [3.63, 3.8) is 0 Å². The minimum Gasteiger partial charge on any atom is -0.324 e. The van der Waals surface area contributed by atoms with Crippen LogP contribution in [0.3, 0.4) is 0 Å². The van der Waals surface area contributed by atoms with Crippen LogP contribution in [0.25, 0.3) is 10.2 Å². The van der Waals surface area contributed by atoms with Crippen LogP contribution in [0.15, 0.2) is 29.1 Å². The maximum atomic E-state index is 13.1. The molecule has 1 aliphatic carbocycles. The third kappa shape index (κ3) is 3.16. The zero-order valence-electron chi connectivity index (χ0n) is 15.7. The van der Waals surface area contributed by atoms with Gasteiger partial charge in [0.25, 0.3) is 5.56 Å². The summed E-state index contributed by atoms with van der Waals surface area (Å²) < 4.78 is 1.21. The van der Waals surface area contributed by atoms with Gasteiger partial charge in [-0.15, -0.1) is 16.4 Å². The van der Waals surface area contributed by atoms with Crippen molar-refractivity contribution in [2.24, 2.45) is 5.92 Å². The van der Waals surface area contributed by atoms with Crippen LogP contribution < -0.4 is 10.9 Å². The van der Waals surface area contributed by atoms with Crippen molar-refractivity contribution < 1.29 is 4.79 Å². The van der Waals surface area contributed by atoms with E-state index in [2.05, 4.69) is 22.6 Å².